The number of hydrogen-bond donors (Lipinski definition) is 1. The topological polar surface area (TPSA) is 59.8 Å². The summed E-state index contributed by atoms with van der Waals surface area (Å²) in [6.07, 6.45) is 1.84. The molecule has 1 amide bonds. The number of aromatic nitrogens is 3. The highest BCUT2D eigenvalue weighted by molar-refractivity contribution is 5.91. The quantitative estimate of drug-likeness (QED) is 0.786. The number of amides is 1. The second-order valence-corrected chi connectivity index (χ2v) is 6.58. The minimum absolute atomic E-state index is 0.0104. The molecule has 0 unspecified atom stereocenters. The van der Waals surface area contributed by atoms with E-state index in [9.17, 15) is 4.79 Å². The summed E-state index contributed by atoms with van der Waals surface area (Å²) < 4.78 is 1.85. The fourth-order valence-electron chi connectivity index (χ4n) is 3.25. The minimum atomic E-state index is -0.333. The lowest BCUT2D eigenvalue weighted by Crippen LogP contribution is -2.42. The molecule has 2 aromatic carbocycles. The maximum absolute atomic E-state index is 12.8. The Morgan fingerprint density at radius 1 is 1.17 bits per heavy atom. The molecular weight excluding hydrogens is 300 g/mol. The van der Waals surface area contributed by atoms with Gasteiger partial charge in [0.15, 0.2) is 0 Å². The van der Waals surface area contributed by atoms with Gasteiger partial charge in [-0.3, -0.25) is 4.79 Å². The van der Waals surface area contributed by atoms with Crippen LogP contribution in [0.15, 0.2) is 54.6 Å². The van der Waals surface area contributed by atoms with Crippen LogP contribution >= 0.6 is 0 Å². The van der Waals surface area contributed by atoms with Crippen molar-refractivity contribution in [2.75, 3.05) is 0 Å². The first-order valence-corrected chi connectivity index (χ1v) is 8.34. The molecule has 0 saturated heterocycles. The van der Waals surface area contributed by atoms with E-state index in [1.54, 1.807) is 0 Å². The van der Waals surface area contributed by atoms with Crippen molar-refractivity contribution >= 4 is 16.9 Å². The van der Waals surface area contributed by atoms with Crippen LogP contribution in [0.5, 0.6) is 0 Å². The van der Waals surface area contributed by atoms with E-state index in [0.717, 1.165) is 29.4 Å². The van der Waals surface area contributed by atoms with Crippen molar-refractivity contribution in [3.63, 3.8) is 0 Å². The van der Waals surface area contributed by atoms with Gasteiger partial charge in [0, 0.05) is 6.04 Å². The van der Waals surface area contributed by atoms with Gasteiger partial charge in [0.1, 0.15) is 5.52 Å². The Labute approximate surface area is 140 Å². The highest BCUT2D eigenvalue weighted by atomic mass is 16.2. The molecule has 122 valence electrons. The first-order valence-electron chi connectivity index (χ1n) is 8.34. The monoisotopic (exact) mass is 320 g/mol. The van der Waals surface area contributed by atoms with E-state index in [1.807, 2.05) is 66.2 Å². The molecule has 1 aliphatic carbocycles. The van der Waals surface area contributed by atoms with Gasteiger partial charge in [-0.2, -0.15) is 0 Å². The third-order valence-electron chi connectivity index (χ3n) is 4.76. The third kappa shape index (κ3) is 2.56. The summed E-state index contributed by atoms with van der Waals surface area (Å²) in [7, 11) is 0. The van der Waals surface area contributed by atoms with Gasteiger partial charge in [-0.1, -0.05) is 47.7 Å². The van der Waals surface area contributed by atoms with Crippen molar-refractivity contribution in [3.8, 4) is 0 Å². The zero-order valence-corrected chi connectivity index (χ0v) is 13.6. The third-order valence-corrected chi connectivity index (χ3v) is 4.76. The smallest absolute Gasteiger partial charge is 0.230 e. The molecule has 1 aromatic heterocycles. The first kappa shape index (κ1) is 14.9. The Hall–Kier alpha value is -2.69. The normalized spacial score (nSPS) is 16.7. The van der Waals surface area contributed by atoms with Crippen molar-refractivity contribution in [1.82, 2.24) is 20.3 Å². The van der Waals surface area contributed by atoms with Gasteiger partial charge >= 0.3 is 0 Å². The molecule has 3 aromatic rings. The van der Waals surface area contributed by atoms with E-state index in [-0.39, 0.29) is 17.4 Å². The van der Waals surface area contributed by atoms with Crippen molar-refractivity contribution < 1.29 is 4.79 Å². The van der Waals surface area contributed by atoms with Gasteiger partial charge in [0.25, 0.3) is 0 Å². The van der Waals surface area contributed by atoms with Crippen LogP contribution < -0.4 is 5.32 Å². The molecular formula is C19H20N4O. The number of nitrogens with zero attached hydrogens (tertiary/aromatic N) is 3. The van der Waals surface area contributed by atoms with E-state index in [2.05, 4.69) is 15.6 Å². The predicted molar refractivity (Wildman–Crippen MR) is 92.5 cm³/mol. The molecule has 0 spiro atoms. The number of para-hydroxylation sites is 1. The maximum atomic E-state index is 12.8. The molecule has 5 nitrogen and oxygen atoms in total. The van der Waals surface area contributed by atoms with Crippen molar-refractivity contribution in [2.45, 2.75) is 37.8 Å². The van der Waals surface area contributed by atoms with Crippen LogP contribution in [-0.4, -0.2) is 26.9 Å². The fraction of sp³-hybridized carbons (Fsp3) is 0.316. The van der Waals surface area contributed by atoms with E-state index >= 15 is 0 Å². The Morgan fingerprint density at radius 3 is 2.62 bits per heavy atom. The summed E-state index contributed by atoms with van der Waals surface area (Å²) >= 11 is 0. The molecule has 4 rings (SSSR count). The number of hydrogen-bond acceptors (Lipinski definition) is 3. The number of nitrogens with one attached hydrogen (secondary N) is 1. The number of carbonyl (C=O) groups excluding carboxylic acids is 1. The average Bonchev–Trinajstić information content (AvgIpc) is 3.33. The van der Waals surface area contributed by atoms with Crippen molar-refractivity contribution in [1.29, 1.82) is 0 Å². The van der Waals surface area contributed by atoms with Gasteiger partial charge < -0.3 is 5.32 Å². The molecule has 1 atom stereocenters. The molecule has 1 heterocycles. The van der Waals surface area contributed by atoms with Gasteiger partial charge in [-0.05, 0) is 37.5 Å². The SMILES string of the molecule is C[C@H](Cn1nnc2ccccc21)NC(=O)C1(c2ccccc2)CC1. The Morgan fingerprint density at radius 2 is 1.88 bits per heavy atom. The number of rotatable bonds is 5. The molecule has 0 bridgehead atoms. The zero-order valence-electron chi connectivity index (χ0n) is 13.6. The van der Waals surface area contributed by atoms with Crippen LogP contribution in [-0.2, 0) is 16.8 Å². The standard InChI is InChI=1S/C19H20N4O/c1-14(13-23-17-10-6-5-9-16(17)21-22-23)20-18(24)19(11-12-19)15-7-3-2-4-8-15/h2-10,14H,11-13H2,1H3,(H,20,24)/t14-/m1/s1. The molecule has 24 heavy (non-hydrogen) atoms. The van der Waals surface area contributed by atoms with E-state index in [0.29, 0.717) is 6.54 Å². The average molecular weight is 320 g/mol. The largest absolute Gasteiger partial charge is 0.351 e. The number of fused-ring (bicyclic) bond motifs is 1. The zero-order chi connectivity index (χ0) is 16.6. The highest BCUT2D eigenvalue weighted by Crippen LogP contribution is 2.48. The van der Waals surface area contributed by atoms with E-state index < -0.39 is 0 Å². The summed E-state index contributed by atoms with van der Waals surface area (Å²) in [6.45, 7) is 2.62. The highest BCUT2D eigenvalue weighted by Gasteiger charge is 2.51. The number of carbonyl (C=O) groups is 1. The van der Waals surface area contributed by atoms with Crippen LogP contribution in [0, 0.1) is 0 Å². The Balaban J connectivity index is 1.46. The lowest BCUT2D eigenvalue weighted by atomic mass is 9.95. The van der Waals surface area contributed by atoms with E-state index in [4.69, 9.17) is 0 Å². The van der Waals surface area contributed by atoms with Gasteiger partial charge in [-0.15, -0.1) is 5.10 Å². The summed E-state index contributed by atoms with van der Waals surface area (Å²) in [5.74, 6) is 0.116. The van der Waals surface area contributed by atoms with Crippen LogP contribution in [0.4, 0.5) is 0 Å². The van der Waals surface area contributed by atoms with Crippen LogP contribution in [0.1, 0.15) is 25.3 Å². The lowest BCUT2D eigenvalue weighted by molar-refractivity contribution is -0.124. The Kier molecular flexibility index (Phi) is 3.56. The molecule has 0 radical (unpaired) electrons. The maximum Gasteiger partial charge on any atom is 0.230 e. The van der Waals surface area contributed by atoms with E-state index in [1.165, 1.54) is 0 Å². The van der Waals surface area contributed by atoms with Gasteiger partial charge in [-0.25, -0.2) is 4.68 Å². The van der Waals surface area contributed by atoms with Gasteiger partial charge in [0.2, 0.25) is 5.91 Å². The van der Waals surface area contributed by atoms with Gasteiger partial charge in [0.05, 0.1) is 17.5 Å². The first-order chi connectivity index (χ1) is 11.7. The van der Waals surface area contributed by atoms with Crippen molar-refractivity contribution in [3.05, 3.63) is 60.2 Å². The Bertz CT molecular complexity index is 867. The summed E-state index contributed by atoms with van der Waals surface area (Å²) in [4.78, 5) is 12.8. The molecule has 1 fully saturated rings. The fourth-order valence-corrected chi connectivity index (χ4v) is 3.25. The second-order valence-electron chi connectivity index (χ2n) is 6.58. The molecule has 1 saturated carbocycles. The molecule has 5 heteroatoms. The minimum Gasteiger partial charge on any atom is -0.351 e. The molecule has 1 N–H and O–H groups in total. The predicted octanol–water partition coefficient (Wildman–Crippen LogP) is 2.67. The van der Waals surface area contributed by atoms with Crippen LogP contribution in [0.3, 0.4) is 0 Å². The van der Waals surface area contributed by atoms with Crippen LogP contribution in [0.2, 0.25) is 0 Å². The summed E-state index contributed by atoms with van der Waals surface area (Å²) in [5.41, 5.74) is 2.64. The van der Waals surface area contributed by atoms with Crippen molar-refractivity contribution in [2.24, 2.45) is 0 Å². The summed E-state index contributed by atoms with van der Waals surface area (Å²) in [6, 6.07) is 17.9. The second kappa shape index (κ2) is 5.74. The van der Waals surface area contributed by atoms with Crippen LogP contribution in [0.25, 0.3) is 11.0 Å². The summed E-state index contributed by atoms with van der Waals surface area (Å²) in [5, 5.41) is 11.5. The molecule has 0 aliphatic heterocycles. The number of benzene rings is 2. The molecule has 1 aliphatic rings. The lowest BCUT2D eigenvalue weighted by Gasteiger charge is -2.20.